The fourth-order valence-corrected chi connectivity index (χ4v) is 4.00. The maximum Gasteiger partial charge on any atom is 0.175 e. The van der Waals surface area contributed by atoms with Crippen LogP contribution in [0.1, 0.15) is 11.1 Å². The average Bonchev–Trinajstić information content (AvgIpc) is 2.85. The summed E-state index contributed by atoms with van der Waals surface area (Å²) in [4.78, 5) is 4.27. The molecule has 3 N–H and O–H groups in total. The van der Waals surface area contributed by atoms with E-state index in [1.807, 2.05) is 42.5 Å². The van der Waals surface area contributed by atoms with Crippen molar-refractivity contribution in [2.45, 2.75) is 17.4 Å². The molecule has 3 aromatic rings. The van der Waals surface area contributed by atoms with Gasteiger partial charge in [-0.1, -0.05) is 42.5 Å². The predicted octanol–water partition coefficient (Wildman–Crippen LogP) is 3.49. The molecule has 0 saturated carbocycles. The van der Waals surface area contributed by atoms with Crippen molar-refractivity contribution in [3.8, 4) is 11.1 Å². The largest absolute Gasteiger partial charge is 0.397 e. The molecule has 3 rings (SSSR count). The van der Waals surface area contributed by atoms with Gasteiger partial charge in [0.25, 0.3) is 0 Å². The van der Waals surface area contributed by atoms with E-state index in [0.717, 1.165) is 22.3 Å². The van der Waals surface area contributed by atoms with E-state index in [4.69, 9.17) is 5.73 Å². The topological polar surface area (TPSA) is 109 Å². The first kappa shape index (κ1) is 24.9. The Bertz CT molecular complexity index is 1250. The molecule has 1 aromatic heterocycles. The molecule has 0 spiro atoms. The van der Waals surface area contributed by atoms with Gasteiger partial charge in [0.2, 0.25) is 0 Å². The molecule has 0 aliphatic rings. The first-order valence-corrected chi connectivity index (χ1v) is 12.5. The minimum Gasteiger partial charge on any atom is -0.397 e. The van der Waals surface area contributed by atoms with Crippen molar-refractivity contribution in [2.75, 3.05) is 12.9 Å². The molecule has 0 aliphatic carbocycles. The molecule has 0 amide bonds. The molecular formula is C26H28N4O3S. The van der Waals surface area contributed by atoms with E-state index >= 15 is 0 Å². The van der Waals surface area contributed by atoms with Crippen LogP contribution in [0.2, 0.25) is 0 Å². The Morgan fingerprint density at radius 1 is 1.09 bits per heavy atom. The zero-order valence-electron chi connectivity index (χ0n) is 18.9. The Kier molecular flexibility index (Phi) is 8.34. The lowest BCUT2D eigenvalue weighted by Crippen LogP contribution is -2.32. The SMILES string of the molecule is C=NN(/C=C(N)/C=C/c1ccncc1)[C@H](CO)Cc1ccc(-c2ccc(S(C)(=O)=O)cc2)cc1. The molecule has 0 saturated heterocycles. The van der Waals surface area contributed by atoms with Crippen molar-refractivity contribution < 1.29 is 13.5 Å². The molecule has 7 nitrogen and oxygen atoms in total. The standard InChI is InChI=1S/C26H28N4O3S/c1-28-30(18-24(27)10-5-20-13-15-29-16-14-20)25(19-31)17-21-3-6-22(7-4-21)23-8-11-26(12-9-23)34(2,32)33/h3-16,18,25,31H,1,17,19,27H2,2H3/b10-5+,24-18-/t25-/m0/s1. The second-order valence-electron chi connectivity index (χ2n) is 7.80. The molecule has 1 atom stereocenters. The Balaban J connectivity index is 1.69. The highest BCUT2D eigenvalue weighted by Gasteiger charge is 2.15. The van der Waals surface area contributed by atoms with Crippen molar-refractivity contribution in [2.24, 2.45) is 10.8 Å². The predicted molar refractivity (Wildman–Crippen MR) is 136 cm³/mol. The third kappa shape index (κ3) is 6.87. The van der Waals surface area contributed by atoms with Gasteiger partial charge in [-0.25, -0.2) is 8.42 Å². The van der Waals surface area contributed by atoms with Crippen LogP contribution in [0.4, 0.5) is 0 Å². The zero-order valence-corrected chi connectivity index (χ0v) is 19.8. The number of aromatic nitrogens is 1. The smallest absolute Gasteiger partial charge is 0.175 e. The van der Waals surface area contributed by atoms with Crippen LogP contribution in [0, 0.1) is 0 Å². The number of rotatable bonds is 10. The minimum atomic E-state index is -3.23. The number of nitrogens with zero attached hydrogens (tertiary/aromatic N) is 3. The van der Waals surface area contributed by atoms with E-state index in [1.54, 1.807) is 53.9 Å². The fourth-order valence-electron chi connectivity index (χ4n) is 3.37. The Labute approximate surface area is 200 Å². The van der Waals surface area contributed by atoms with Crippen LogP contribution in [0.3, 0.4) is 0 Å². The lowest BCUT2D eigenvalue weighted by molar-refractivity contribution is 0.167. The second kappa shape index (κ2) is 11.4. The zero-order chi connectivity index (χ0) is 24.6. The van der Waals surface area contributed by atoms with Gasteiger partial charge < -0.3 is 10.8 Å². The molecular weight excluding hydrogens is 448 g/mol. The van der Waals surface area contributed by atoms with E-state index in [-0.39, 0.29) is 12.6 Å². The summed E-state index contributed by atoms with van der Waals surface area (Å²) in [7, 11) is -3.23. The maximum absolute atomic E-state index is 11.7. The van der Waals surface area contributed by atoms with Crippen molar-refractivity contribution in [1.29, 1.82) is 0 Å². The molecule has 0 unspecified atom stereocenters. The summed E-state index contributed by atoms with van der Waals surface area (Å²) in [5.74, 6) is 0. The van der Waals surface area contributed by atoms with E-state index < -0.39 is 9.84 Å². The number of nitrogens with two attached hydrogens (primary N) is 1. The number of aliphatic hydroxyl groups excluding tert-OH is 1. The van der Waals surface area contributed by atoms with Crippen molar-refractivity contribution >= 4 is 22.6 Å². The first-order chi connectivity index (χ1) is 16.3. The first-order valence-electron chi connectivity index (χ1n) is 10.6. The normalized spacial score (nSPS) is 13.1. The van der Waals surface area contributed by atoms with Gasteiger partial charge in [-0.3, -0.25) is 9.99 Å². The number of sulfone groups is 1. The third-order valence-electron chi connectivity index (χ3n) is 5.24. The van der Waals surface area contributed by atoms with Gasteiger partial charge in [0.05, 0.1) is 17.5 Å². The second-order valence-corrected chi connectivity index (χ2v) is 9.81. The van der Waals surface area contributed by atoms with Gasteiger partial charge in [-0.05, 0) is 59.0 Å². The van der Waals surface area contributed by atoms with Gasteiger partial charge in [0.1, 0.15) is 0 Å². The molecule has 8 heteroatoms. The lowest BCUT2D eigenvalue weighted by atomic mass is 10.0. The number of benzene rings is 2. The van der Waals surface area contributed by atoms with Crippen LogP contribution >= 0.6 is 0 Å². The lowest BCUT2D eigenvalue weighted by Gasteiger charge is -2.24. The van der Waals surface area contributed by atoms with Crippen LogP contribution < -0.4 is 5.73 Å². The van der Waals surface area contributed by atoms with Crippen LogP contribution in [0.25, 0.3) is 17.2 Å². The number of pyridine rings is 1. The van der Waals surface area contributed by atoms with Crippen molar-refractivity contribution in [3.63, 3.8) is 0 Å². The van der Waals surface area contributed by atoms with Gasteiger partial charge in [0, 0.05) is 37.3 Å². The summed E-state index contributed by atoms with van der Waals surface area (Å²) < 4.78 is 23.3. The summed E-state index contributed by atoms with van der Waals surface area (Å²) in [6, 6.07) is 18.1. The number of hydrogen-bond acceptors (Lipinski definition) is 7. The molecule has 0 bridgehead atoms. The van der Waals surface area contributed by atoms with Crippen molar-refractivity contribution in [1.82, 2.24) is 9.99 Å². The number of hydrazone groups is 1. The number of aliphatic hydroxyl groups is 1. The summed E-state index contributed by atoms with van der Waals surface area (Å²) >= 11 is 0. The van der Waals surface area contributed by atoms with Gasteiger partial charge in [-0.15, -0.1) is 0 Å². The third-order valence-corrected chi connectivity index (χ3v) is 6.37. The highest BCUT2D eigenvalue weighted by molar-refractivity contribution is 7.90. The van der Waals surface area contributed by atoms with E-state index in [2.05, 4.69) is 16.8 Å². The summed E-state index contributed by atoms with van der Waals surface area (Å²) in [5.41, 5.74) is 10.4. The Hall–Kier alpha value is -3.75. The van der Waals surface area contributed by atoms with Crippen LogP contribution in [0.15, 0.2) is 101 Å². The Morgan fingerprint density at radius 3 is 2.21 bits per heavy atom. The fraction of sp³-hybridized carbons (Fsp3) is 0.154. The van der Waals surface area contributed by atoms with Crippen LogP contribution in [-0.2, 0) is 16.3 Å². The maximum atomic E-state index is 11.7. The monoisotopic (exact) mass is 476 g/mol. The quantitative estimate of drug-likeness (QED) is 0.263. The molecule has 2 aromatic carbocycles. The molecule has 0 radical (unpaired) electrons. The molecule has 0 fully saturated rings. The highest BCUT2D eigenvalue weighted by Crippen LogP contribution is 2.23. The summed E-state index contributed by atoms with van der Waals surface area (Å²) in [6.45, 7) is 3.48. The van der Waals surface area contributed by atoms with Gasteiger partial charge >= 0.3 is 0 Å². The molecule has 0 aliphatic heterocycles. The van der Waals surface area contributed by atoms with Crippen molar-refractivity contribution in [3.05, 3.63) is 102 Å². The van der Waals surface area contributed by atoms with Crippen LogP contribution in [0.5, 0.6) is 0 Å². The summed E-state index contributed by atoms with van der Waals surface area (Å²) in [5, 5.41) is 15.5. The van der Waals surface area contributed by atoms with E-state index in [0.29, 0.717) is 17.0 Å². The number of allylic oxidation sites excluding steroid dienone is 1. The van der Waals surface area contributed by atoms with Gasteiger partial charge in [0.15, 0.2) is 9.84 Å². The highest BCUT2D eigenvalue weighted by atomic mass is 32.2. The van der Waals surface area contributed by atoms with E-state index in [1.165, 1.54) is 6.26 Å². The number of hydrogen-bond donors (Lipinski definition) is 2. The molecule has 1 heterocycles. The molecule has 34 heavy (non-hydrogen) atoms. The Morgan fingerprint density at radius 2 is 1.68 bits per heavy atom. The van der Waals surface area contributed by atoms with E-state index in [9.17, 15) is 13.5 Å². The van der Waals surface area contributed by atoms with Gasteiger partial charge in [-0.2, -0.15) is 5.10 Å². The average molecular weight is 477 g/mol. The minimum absolute atomic E-state index is 0.133. The molecule has 176 valence electrons. The van der Waals surface area contributed by atoms with Crippen LogP contribution in [-0.4, -0.2) is 49.1 Å². The summed E-state index contributed by atoms with van der Waals surface area (Å²) in [6.07, 6.45) is 10.4.